The molecule has 0 radical (unpaired) electrons. The van der Waals surface area contributed by atoms with Crippen LogP contribution < -0.4 is 5.73 Å². The lowest BCUT2D eigenvalue weighted by atomic mass is 9.98. The molecule has 0 spiro atoms. The maximum atomic E-state index is 13.9. The third kappa shape index (κ3) is 5.06. The maximum absolute atomic E-state index is 13.9. The molecule has 2 atom stereocenters. The number of rotatable bonds is 5. The van der Waals surface area contributed by atoms with Crippen LogP contribution in [-0.2, 0) is 11.3 Å². The van der Waals surface area contributed by atoms with Gasteiger partial charge in [0.05, 0.1) is 6.04 Å². The number of amides is 1. The predicted molar refractivity (Wildman–Crippen MR) is 97.9 cm³/mol. The van der Waals surface area contributed by atoms with E-state index in [0.717, 1.165) is 6.42 Å². The van der Waals surface area contributed by atoms with Gasteiger partial charge < -0.3 is 10.6 Å². The number of piperazine rings is 1. The van der Waals surface area contributed by atoms with Crippen LogP contribution in [0.2, 0.25) is 5.02 Å². The molecule has 7 heteroatoms. The number of nitrogens with zero attached hydrogens (tertiary/aromatic N) is 2. The van der Waals surface area contributed by atoms with Crippen LogP contribution in [0, 0.1) is 11.7 Å². The molecule has 136 valence electrons. The van der Waals surface area contributed by atoms with Crippen molar-refractivity contribution in [1.29, 1.82) is 0 Å². The minimum absolute atomic E-state index is 0. The van der Waals surface area contributed by atoms with Gasteiger partial charge in [-0.25, -0.2) is 4.39 Å². The van der Waals surface area contributed by atoms with Crippen LogP contribution in [0.4, 0.5) is 4.39 Å². The highest BCUT2D eigenvalue weighted by molar-refractivity contribution is 6.31. The monoisotopic (exact) mass is 377 g/mol. The Balaban J connectivity index is 0.00000288. The van der Waals surface area contributed by atoms with E-state index < -0.39 is 6.04 Å². The highest BCUT2D eigenvalue weighted by atomic mass is 35.5. The van der Waals surface area contributed by atoms with Crippen molar-refractivity contribution in [1.82, 2.24) is 9.80 Å². The molecule has 1 aromatic rings. The zero-order valence-corrected chi connectivity index (χ0v) is 15.7. The van der Waals surface area contributed by atoms with Gasteiger partial charge >= 0.3 is 0 Å². The first kappa shape index (κ1) is 21.2. The van der Waals surface area contributed by atoms with Crippen LogP contribution in [0.5, 0.6) is 0 Å². The molecule has 0 saturated carbocycles. The Bertz CT molecular complexity index is 530. The summed E-state index contributed by atoms with van der Waals surface area (Å²) in [4.78, 5) is 16.3. The molecule has 1 heterocycles. The maximum Gasteiger partial charge on any atom is 0.239 e. The van der Waals surface area contributed by atoms with Crippen LogP contribution in [0.3, 0.4) is 0 Å². The molecule has 0 aliphatic carbocycles. The number of benzene rings is 1. The standard InChI is InChI=1S/C17H25ClFN3O.ClH/c1-3-12(2)16(20)17(23)22-9-7-21(8-10-22)11-13-14(18)5-4-6-15(13)19;/h4-6,12,16H,3,7-11,20H2,1-2H3;1H. The Labute approximate surface area is 154 Å². The zero-order valence-electron chi connectivity index (χ0n) is 14.2. The van der Waals surface area contributed by atoms with Gasteiger partial charge in [0, 0.05) is 43.3 Å². The topological polar surface area (TPSA) is 49.6 Å². The summed E-state index contributed by atoms with van der Waals surface area (Å²) >= 11 is 6.07. The van der Waals surface area contributed by atoms with Gasteiger partial charge in [-0.05, 0) is 18.1 Å². The van der Waals surface area contributed by atoms with Crippen LogP contribution in [0.15, 0.2) is 18.2 Å². The third-order valence-electron chi connectivity index (χ3n) is 4.67. The van der Waals surface area contributed by atoms with E-state index in [1.165, 1.54) is 6.07 Å². The fourth-order valence-electron chi connectivity index (χ4n) is 2.74. The lowest BCUT2D eigenvalue weighted by Gasteiger charge is -2.36. The second kappa shape index (κ2) is 9.56. The van der Waals surface area contributed by atoms with Crippen LogP contribution >= 0.6 is 24.0 Å². The summed E-state index contributed by atoms with van der Waals surface area (Å²) in [6.07, 6.45) is 0.888. The van der Waals surface area contributed by atoms with Gasteiger partial charge in [0.1, 0.15) is 5.82 Å². The first-order valence-electron chi connectivity index (χ1n) is 8.13. The third-order valence-corrected chi connectivity index (χ3v) is 5.02. The Morgan fingerprint density at radius 3 is 2.50 bits per heavy atom. The van der Waals surface area contributed by atoms with Gasteiger partial charge in [-0.15, -0.1) is 12.4 Å². The van der Waals surface area contributed by atoms with Gasteiger partial charge in [-0.3, -0.25) is 9.69 Å². The predicted octanol–water partition coefficient (Wildman–Crippen LogP) is 2.92. The zero-order chi connectivity index (χ0) is 17.0. The molecule has 2 rings (SSSR count). The molecular weight excluding hydrogens is 352 g/mol. The first-order valence-corrected chi connectivity index (χ1v) is 8.51. The number of halogens is 3. The van der Waals surface area contributed by atoms with Gasteiger partial charge in [0.15, 0.2) is 0 Å². The molecule has 1 aromatic carbocycles. The molecule has 1 fully saturated rings. The summed E-state index contributed by atoms with van der Waals surface area (Å²) in [5.74, 6) is -0.0875. The number of nitrogens with two attached hydrogens (primary N) is 1. The Morgan fingerprint density at radius 1 is 1.33 bits per heavy atom. The van der Waals surface area contributed by atoms with Crippen molar-refractivity contribution in [2.45, 2.75) is 32.9 Å². The average Bonchev–Trinajstić information content (AvgIpc) is 2.57. The SMILES string of the molecule is CCC(C)C(N)C(=O)N1CCN(Cc2c(F)cccc2Cl)CC1.Cl. The van der Waals surface area contributed by atoms with Crippen molar-refractivity contribution in [3.05, 3.63) is 34.6 Å². The smallest absolute Gasteiger partial charge is 0.239 e. The number of hydrogen-bond donors (Lipinski definition) is 1. The van der Waals surface area contributed by atoms with E-state index in [9.17, 15) is 9.18 Å². The fraction of sp³-hybridized carbons (Fsp3) is 0.588. The molecule has 1 amide bonds. The molecule has 2 N–H and O–H groups in total. The van der Waals surface area contributed by atoms with E-state index in [4.69, 9.17) is 17.3 Å². The van der Waals surface area contributed by atoms with Crippen molar-refractivity contribution >= 4 is 29.9 Å². The molecule has 1 aliphatic heterocycles. The Morgan fingerprint density at radius 2 is 1.96 bits per heavy atom. The number of carbonyl (C=O) groups is 1. The fourth-order valence-corrected chi connectivity index (χ4v) is 2.96. The Kier molecular flexibility index (Phi) is 8.43. The molecule has 1 saturated heterocycles. The second-order valence-corrected chi connectivity index (χ2v) is 6.62. The molecule has 24 heavy (non-hydrogen) atoms. The van der Waals surface area contributed by atoms with Crippen molar-refractivity contribution in [2.75, 3.05) is 26.2 Å². The van der Waals surface area contributed by atoms with E-state index >= 15 is 0 Å². The van der Waals surface area contributed by atoms with Crippen LogP contribution in [-0.4, -0.2) is 47.9 Å². The molecule has 0 bridgehead atoms. The van der Waals surface area contributed by atoms with Gasteiger partial charge in [0.2, 0.25) is 5.91 Å². The molecule has 1 aliphatic rings. The highest BCUT2D eigenvalue weighted by Crippen LogP contribution is 2.21. The molecule has 4 nitrogen and oxygen atoms in total. The van der Waals surface area contributed by atoms with Crippen molar-refractivity contribution < 1.29 is 9.18 Å². The van der Waals surface area contributed by atoms with Gasteiger partial charge in [0.25, 0.3) is 0 Å². The van der Waals surface area contributed by atoms with Crippen LogP contribution in [0.25, 0.3) is 0 Å². The van der Waals surface area contributed by atoms with E-state index in [1.807, 2.05) is 18.7 Å². The average molecular weight is 378 g/mol. The van der Waals surface area contributed by atoms with Crippen molar-refractivity contribution in [2.24, 2.45) is 11.7 Å². The summed E-state index contributed by atoms with van der Waals surface area (Å²) in [7, 11) is 0. The molecular formula is C17H26Cl2FN3O. The minimum Gasteiger partial charge on any atom is -0.339 e. The normalized spacial score (nSPS) is 18.0. The minimum atomic E-state index is -0.437. The van der Waals surface area contributed by atoms with Crippen molar-refractivity contribution in [3.8, 4) is 0 Å². The second-order valence-electron chi connectivity index (χ2n) is 6.21. The van der Waals surface area contributed by atoms with Gasteiger partial charge in [-0.2, -0.15) is 0 Å². The summed E-state index contributed by atoms with van der Waals surface area (Å²) < 4.78 is 13.9. The largest absolute Gasteiger partial charge is 0.339 e. The number of carbonyl (C=O) groups excluding carboxylic acids is 1. The number of hydrogen-bond acceptors (Lipinski definition) is 3. The highest BCUT2D eigenvalue weighted by Gasteiger charge is 2.28. The molecule has 2 unspecified atom stereocenters. The van der Waals surface area contributed by atoms with E-state index in [0.29, 0.717) is 43.3 Å². The quantitative estimate of drug-likeness (QED) is 0.857. The lowest BCUT2D eigenvalue weighted by molar-refractivity contribution is -0.135. The summed E-state index contributed by atoms with van der Waals surface area (Å²) in [5.41, 5.74) is 6.55. The summed E-state index contributed by atoms with van der Waals surface area (Å²) in [6, 6.07) is 4.29. The summed E-state index contributed by atoms with van der Waals surface area (Å²) in [6.45, 7) is 7.13. The van der Waals surface area contributed by atoms with Gasteiger partial charge in [-0.1, -0.05) is 37.9 Å². The van der Waals surface area contributed by atoms with Crippen LogP contribution in [0.1, 0.15) is 25.8 Å². The Hall–Kier alpha value is -0.880. The van der Waals surface area contributed by atoms with E-state index in [1.54, 1.807) is 12.1 Å². The van der Waals surface area contributed by atoms with E-state index in [2.05, 4.69) is 4.90 Å². The lowest BCUT2D eigenvalue weighted by Crippen LogP contribution is -2.54. The first-order chi connectivity index (χ1) is 10.9. The molecule has 0 aromatic heterocycles. The van der Waals surface area contributed by atoms with Crippen molar-refractivity contribution in [3.63, 3.8) is 0 Å². The summed E-state index contributed by atoms with van der Waals surface area (Å²) in [5, 5.41) is 0.447. The van der Waals surface area contributed by atoms with E-state index in [-0.39, 0.29) is 30.0 Å².